The maximum atomic E-state index is 10.1. The van der Waals surface area contributed by atoms with Gasteiger partial charge in [-0.15, -0.1) is 0 Å². The van der Waals surface area contributed by atoms with E-state index in [2.05, 4.69) is 65.6 Å². The molecule has 1 aliphatic heterocycles. The van der Waals surface area contributed by atoms with E-state index in [1.165, 1.54) is 40.8 Å². The van der Waals surface area contributed by atoms with E-state index in [-0.39, 0.29) is 6.29 Å². The fourth-order valence-corrected chi connectivity index (χ4v) is 7.10. The van der Waals surface area contributed by atoms with Gasteiger partial charge in [0.05, 0.1) is 0 Å². The summed E-state index contributed by atoms with van der Waals surface area (Å²) in [5, 5.41) is 10.1. The Morgan fingerprint density at radius 3 is 2.29 bits per heavy atom. The van der Waals surface area contributed by atoms with Gasteiger partial charge in [-0.1, -0.05) is 48.5 Å². The predicted octanol–water partition coefficient (Wildman–Crippen LogP) is 6.09. The van der Waals surface area contributed by atoms with Gasteiger partial charge in [-0.2, -0.15) is 0 Å². The van der Waals surface area contributed by atoms with E-state index >= 15 is 0 Å². The lowest BCUT2D eigenvalue weighted by Gasteiger charge is -2.60. The highest BCUT2D eigenvalue weighted by molar-refractivity contribution is 5.54. The van der Waals surface area contributed by atoms with Crippen molar-refractivity contribution in [1.82, 2.24) is 0 Å². The molecule has 1 heterocycles. The molecule has 0 amide bonds. The van der Waals surface area contributed by atoms with Crippen LogP contribution in [0.1, 0.15) is 53.4 Å². The Kier molecular flexibility index (Phi) is 5.82. The maximum Gasteiger partial charge on any atom is 0.159 e. The number of nitrogens with zero attached hydrogens (tertiary/aromatic N) is 1. The first-order valence-corrected chi connectivity index (χ1v) is 12.9. The number of phenolic OH excluding ortho intramolecular Hbond substituents is 1. The number of aryl methyl sites for hydroxylation is 1. The molecule has 6 rings (SSSR count). The number of benzene rings is 3. The molecule has 1 spiro atoms. The number of hydrogen-bond acceptors (Lipinski definition) is 4. The fourth-order valence-electron chi connectivity index (χ4n) is 7.10. The Labute approximate surface area is 208 Å². The van der Waals surface area contributed by atoms with Gasteiger partial charge in [0, 0.05) is 50.2 Å². The molecule has 1 saturated heterocycles. The standard InChI is InChI=1S/C31H35NO3/c1-34-30(35-2)24-17-31(18-24)19-32(20-31)25-11-8-22(9-12-25)29-27(21-6-4-3-5-7-21)14-10-23-16-26(33)13-15-28(23)29/h3-9,11-13,15-16,24,27,29-30,33H,10,14,17-20H2,1-2H3/t27-,29+/m0/s1. The van der Waals surface area contributed by atoms with Crippen LogP contribution in [0.15, 0.2) is 72.8 Å². The number of phenols is 1. The van der Waals surface area contributed by atoms with Gasteiger partial charge in [0.1, 0.15) is 5.75 Å². The van der Waals surface area contributed by atoms with Crippen molar-refractivity contribution in [1.29, 1.82) is 0 Å². The van der Waals surface area contributed by atoms with E-state index in [1.54, 1.807) is 14.2 Å². The molecule has 1 N–H and O–H groups in total. The van der Waals surface area contributed by atoms with E-state index in [9.17, 15) is 5.11 Å². The highest BCUT2D eigenvalue weighted by atomic mass is 16.7. The van der Waals surface area contributed by atoms with Crippen molar-refractivity contribution >= 4 is 5.69 Å². The lowest BCUT2D eigenvalue weighted by atomic mass is 9.57. The third kappa shape index (κ3) is 4.03. The van der Waals surface area contributed by atoms with E-state index in [1.807, 2.05) is 12.1 Å². The molecule has 4 nitrogen and oxygen atoms in total. The molecule has 4 heteroatoms. The number of fused-ring (bicyclic) bond motifs is 1. The van der Waals surface area contributed by atoms with Gasteiger partial charge in [-0.25, -0.2) is 0 Å². The Morgan fingerprint density at radius 1 is 0.886 bits per heavy atom. The first kappa shape index (κ1) is 22.6. The van der Waals surface area contributed by atoms with Gasteiger partial charge >= 0.3 is 0 Å². The van der Waals surface area contributed by atoms with Crippen molar-refractivity contribution in [3.05, 3.63) is 95.1 Å². The van der Waals surface area contributed by atoms with Crippen LogP contribution in [-0.2, 0) is 15.9 Å². The summed E-state index contributed by atoms with van der Waals surface area (Å²) in [5.74, 6) is 1.62. The van der Waals surface area contributed by atoms with Gasteiger partial charge in [-0.3, -0.25) is 0 Å². The van der Waals surface area contributed by atoms with Crippen molar-refractivity contribution in [3.8, 4) is 5.75 Å². The van der Waals surface area contributed by atoms with Crippen molar-refractivity contribution in [2.75, 3.05) is 32.2 Å². The smallest absolute Gasteiger partial charge is 0.159 e. The largest absolute Gasteiger partial charge is 0.508 e. The third-order valence-electron chi connectivity index (χ3n) is 8.73. The monoisotopic (exact) mass is 469 g/mol. The van der Waals surface area contributed by atoms with Crippen LogP contribution in [0.2, 0.25) is 0 Å². The van der Waals surface area contributed by atoms with Crippen LogP contribution < -0.4 is 4.90 Å². The Balaban J connectivity index is 1.21. The van der Waals surface area contributed by atoms with Gasteiger partial charge in [0.25, 0.3) is 0 Å². The predicted molar refractivity (Wildman–Crippen MR) is 139 cm³/mol. The van der Waals surface area contributed by atoms with E-state index in [4.69, 9.17) is 9.47 Å². The summed E-state index contributed by atoms with van der Waals surface area (Å²) in [5.41, 5.74) is 7.15. The minimum Gasteiger partial charge on any atom is -0.508 e. The zero-order valence-corrected chi connectivity index (χ0v) is 20.7. The summed E-state index contributed by atoms with van der Waals surface area (Å²) in [4.78, 5) is 2.51. The summed E-state index contributed by atoms with van der Waals surface area (Å²) in [7, 11) is 3.48. The highest BCUT2D eigenvalue weighted by Gasteiger charge is 2.54. The molecular weight excluding hydrogens is 434 g/mol. The van der Waals surface area contributed by atoms with Crippen molar-refractivity contribution in [2.24, 2.45) is 11.3 Å². The number of hydrogen-bond donors (Lipinski definition) is 1. The number of methoxy groups -OCH3 is 2. The number of anilines is 1. The summed E-state index contributed by atoms with van der Waals surface area (Å²) in [6.07, 6.45) is 4.41. The van der Waals surface area contributed by atoms with Crippen LogP contribution in [-0.4, -0.2) is 38.7 Å². The zero-order chi connectivity index (χ0) is 24.0. The molecule has 182 valence electrons. The molecule has 3 aliphatic rings. The molecule has 2 aliphatic carbocycles. The van der Waals surface area contributed by atoms with Gasteiger partial charge in [0.15, 0.2) is 6.29 Å². The number of ether oxygens (including phenoxy) is 2. The Hall–Kier alpha value is -2.82. The van der Waals surface area contributed by atoms with Crippen LogP contribution in [0.3, 0.4) is 0 Å². The zero-order valence-electron chi connectivity index (χ0n) is 20.7. The minimum absolute atomic E-state index is 0.0631. The molecular formula is C31H35NO3. The minimum atomic E-state index is -0.0631. The van der Waals surface area contributed by atoms with E-state index in [0.717, 1.165) is 25.9 Å². The topological polar surface area (TPSA) is 41.9 Å². The lowest BCUT2D eigenvalue weighted by molar-refractivity contribution is -0.184. The third-order valence-corrected chi connectivity index (χ3v) is 8.73. The molecule has 0 radical (unpaired) electrons. The molecule has 0 unspecified atom stereocenters. The number of rotatable bonds is 6. The fraction of sp³-hybridized carbons (Fsp3) is 0.419. The molecule has 0 aromatic heterocycles. The van der Waals surface area contributed by atoms with Gasteiger partial charge in [-0.05, 0) is 78.1 Å². The lowest BCUT2D eigenvalue weighted by Crippen LogP contribution is -2.64. The van der Waals surface area contributed by atoms with Crippen molar-refractivity contribution in [3.63, 3.8) is 0 Å². The maximum absolute atomic E-state index is 10.1. The number of aromatic hydroxyl groups is 1. The van der Waals surface area contributed by atoms with E-state index < -0.39 is 0 Å². The van der Waals surface area contributed by atoms with Gasteiger partial charge in [0.2, 0.25) is 0 Å². The Morgan fingerprint density at radius 2 is 1.60 bits per heavy atom. The summed E-state index contributed by atoms with van der Waals surface area (Å²) < 4.78 is 10.9. The molecule has 3 aromatic rings. The second-order valence-corrected chi connectivity index (χ2v) is 10.9. The molecule has 35 heavy (non-hydrogen) atoms. The first-order chi connectivity index (χ1) is 17.1. The molecule has 2 atom stereocenters. The van der Waals surface area contributed by atoms with Crippen molar-refractivity contribution < 1.29 is 14.6 Å². The van der Waals surface area contributed by atoms with Crippen LogP contribution in [0.25, 0.3) is 0 Å². The summed E-state index contributed by atoms with van der Waals surface area (Å²) in [6.45, 7) is 2.25. The highest BCUT2D eigenvalue weighted by Crippen LogP contribution is 2.54. The van der Waals surface area contributed by atoms with Gasteiger partial charge < -0.3 is 19.5 Å². The second kappa shape index (κ2) is 9.00. The summed E-state index contributed by atoms with van der Waals surface area (Å²) in [6, 6.07) is 26.1. The molecule has 3 aromatic carbocycles. The van der Waals surface area contributed by atoms with Crippen molar-refractivity contribution in [2.45, 2.75) is 43.8 Å². The Bertz CT molecular complexity index is 1160. The van der Waals surface area contributed by atoms with Crippen LogP contribution in [0, 0.1) is 11.3 Å². The second-order valence-electron chi connectivity index (χ2n) is 10.9. The summed E-state index contributed by atoms with van der Waals surface area (Å²) >= 11 is 0. The SMILES string of the molecule is COC(OC)C1CC2(C1)CN(c1ccc([C@H]3c4ccc(O)cc4CC[C@H]3c3ccccc3)cc1)C2. The first-order valence-electron chi connectivity index (χ1n) is 12.9. The normalized spacial score (nSPS) is 23.1. The van der Waals surface area contributed by atoms with Crippen LogP contribution in [0.4, 0.5) is 5.69 Å². The van der Waals surface area contributed by atoms with Crippen LogP contribution >= 0.6 is 0 Å². The quantitative estimate of drug-likeness (QED) is 0.444. The molecule has 0 bridgehead atoms. The molecule has 2 fully saturated rings. The average molecular weight is 470 g/mol. The average Bonchev–Trinajstić information content (AvgIpc) is 2.84. The molecule has 1 saturated carbocycles. The van der Waals surface area contributed by atoms with Crippen LogP contribution in [0.5, 0.6) is 5.75 Å². The van der Waals surface area contributed by atoms with E-state index in [0.29, 0.717) is 28.9 Å².